The number of hydrogen-bond acceptors (Lipinski definition) is 1. The molecule has 1 heterocycles. The van der Waals surface area contributed by atoms with Gasteiger partial charge in [0.15, 0.2) is 11.6 Å². The number of ether oxygens (including phenoxy) is 1. The fourth-order valence-corrected chi connectivity index (χ4v) is 4.19. The van der Waals surface area contributed by atoms with Gasteiger partial charge in [0.05, 0.1) is 6.61 Å². The second-order valence-corrected chi connectivity index (χ2v) is 7.95. The van der Waals surface area contributed by atoms with Gasteiger partial charge >= 0.3 is 0 Å². The summed E-state index contributed by atoms with van der Waals surface area (Å²) in [6, 6.07) is 8.74. The van der Waals surface area contributed by atoms with Gasteiger partial charge in [-0.1, -0.05) is 48.6 Å². The summed E-state index contributed by atoms with van der Waals surface area (Å²) < 4.78 is 47.8. The van der Waals surface area contributed by atoms with Crippen molar-refractivity contribution in [3.63, 3.8) is 0 Å². The third-order valence-corrected chi connectivity index (χ3v) is 5.98. The smallest absolute Gasteiger partial charge is 0.166 e. The largest absolute Gasteiger partial charge is 0.368 e. The molecule has 29 heavy (non-hydrogen) atoms. The molecule has 0 amide bonds. The van der Waals surface area contributed by atoms with Crippen LogP contribution in [0.25, 0.3) is 12.2 Å². The molecule has 1 saturated carbocycles. The molecule has 0 N–H and O–H groups in total. The van der Waals surface area contributed by atoms with E-state index in [1.807, 2.05) is 18.2 Å². The zero-order valence-corrected chi connectivity index (χ0v) is 16.5. The van der Waals surface area contributed by atoms with Crippen molar-refractivity contribution in [3.05, 3.63) is 82.2 Å². The van der Waals surface area contributed by atoms with E-state index in [4.69, 9.17) is 4.74 Å². The molecule has 0 spiro atoms. The summed E-state index contributed by atoms with van der Waals surface area (Å²) in [4.78, 5) is 0. The van der Waals surface area contributed by atoms with Gasteiger partial charge in [-0.3, -0.25) is 0 Å². The molecule has 2 aliphatic rings. The highest BCUT2D eigenvalue weighted by Crippen LogP contribution is 2.39. The predicted molar refractivity (Wildman–Crippen MR) is 110 cm³/mol. The Bertz CT molecular complexity index is 935. The van der Waals surface area contributed by atoms with Gasteiger partial charge in [0, 0.05) is 16.7 Å². The lowest BCUT2D eigenvalue weighted by atomic mass is 9.78. The fraction of sp³-hybridized carbons (Fsp3) is 0.360. The van der Waals surface area contributed by atoms with Crippen LogP contribution >= 0.6 is 0 Å². The van der Waals surface area contributed by atoms with E-state index in [1.54, 1.807) is 43.4 Å². The summed E-state index contributed by atoms with van der Waals surface area (Å²) in [6.07, 6.45) is 10.7. The normalized spacial score (nSPS) is 24.5. The molecule has 4 heteroatoms. The molecule has 0 bridgehead atoms. The van der Waals surface area contributed by atoms with Crippen LogP contribution in [0.15, 0.2) is 42.5 Å². The average molecular weight is 398 g/mol. The Labute approximate surface area is 169 Å². The Morgan fingerprint density at radius 1 is 0.897 bits per heavy atom. The molecule has 0 radical (unpaired) electrons. The second kappa shape index (κ2) is 8.58. The van der Waals surface area contributed by atoms with E-state index in [0.717, 1.165) is 31.2 Å². The summed E-state index contributed by atoms with van der Waals surface area (Å²) in [7, 11) is 0. The van der Waals surface area contributed by atoms with Crippen molar-refractivity contribution in [1.29, 1.82) is 0 Å². The minimum Gasteiger partial charge on any atom is -0.368 e. The van der Waals surface area contributed by atoms with Crippen LogP contribution in [-0.4, -0.2) is 6.61 Å². The van der Waals surface area contributed by atoms with Crippen LogP contribution in [0.1, 0.15) is 66.9 Å². The van der Waals surface area contributed by atoms with Gasteiger partial charge in [-0.15, -0.1) is 0 Å². The van der Waals surface area contributed by atoms with Gasteiger partial charge in [0.25, 0.3) is 0 Å². The van der Waals surface area contributed by atoms with E-state index in [1.165, 1.54) is 0 Å². The number of epoxide rings is 1. The minimum absolute atomic E-state index is 0.0674. The second-order valence-electron chi connectivity index (χ2n) is 7.95. The third-order valence-electron chi connectivity index (χ3n) is 5.98. The topological polar surface area (TPSA) is 12.5 Å². The van der Waals surface area contributed by atoms with E-state index in [-0.39, 0.29) is 23.0 Å². The number of halogens is 3. The van der Waals surface area contributed by atoms with Crippen molar-refractivity contribution < 1.29 is 17.9 Å². The van der Waals surface area contributed by atoms with Crippen molar-refractivity contribution in [2.45, 2.75) is 44.6 Å². The van der Waals surface area contributed by atoms with Crippen molar-refractivity contribution >= 4 is 12.2 Å². The zero-order chi connectivity index (χ0) is 20.4. The third kappa shape index (κ3) is 4.48. The summed E-state index contributed by atoms with van der Waals surface area (Å²) in [5.41, 5.74) is 2.23. The molecule has 2 fully saturated rings. The Morgan fingerprint density at radius 3 is 2.14 bits per heavy atom. The molecule has 2 aromatic carbocycles. The lowest BCUT2D eigenvalue weighted by Crippen LogP contribution is -2.12. The summed E-state index contributed by atoms with van der Waals surface area (Å²) >= 11 is 0. The maximum atomic E-state index is 14.3. The molecule has 1 unspecified atom stereocenters. The maximum Gasteiger partial charge on any atom is 0.166 e. The molecule has 1 atom stereocenters. The molecule has 1 nitrogen and oxygen atoms in total. The van der Waals surface area contributed by atoms with Crippen LogP contribution in [-0.2, 0) is 4.74 Å². The van der Waals surface area contributed by atoms with E-state index in [0.29, 0.717) is 24.0 Å². The van der Waals surface area contributed by atoms with Crippen LogP contribution in [0.5, 0.6) is 0 Å². The van der Waals surface area contributed by atoms with E-state index in [9.17, 15) is 13.2 Å². The Balaban J connectivity index is 1.37. The minimum atomic E-state index is -0.809. The van der Waals surface area contributed by atoms with Crippen LogP contribution in [0.2, 0.25) is 0 Å². The quantitative estimate of drug-likeness (QED) is 0.485. The first kappa shape index (κ1) is 20.0. The highest BCUT2D eigenvalue weighted by Gasteiger charge is 2.29. The summed E-state index contributed by atoms with van der Waals surface area (Å²) in [6.45, 7) is 2.38. The number of benzene rings is 2. The van der Waals surface area contributed by atoms with Gasteiger partial charge in [0.2, 0.25) is 0 Å². The molecule has 1 saturated heterocycles. The van der Waals surface area contributed by atoms with E-state index in [2.05, 4.69) is 0 Å². The molecular weight excluding hydrogens is 373 g/mol. The fourth-order valence-electron chi connectivity index (χ4n) is 4.19. The van der Waals surface area contributed by atoms with Crippen molar-refractivity contribution in [3.8, 4) is 0 Å². The maximum absolute atomic E-state index is 14.3. The first-order chi connectivity index (χ1) is 14.1. The molecule has 2 aromatic rings. The van der Waals surface area contributed by atoms with Gasteiger partial charge in [-0.2, -0.15) is 0 Å². The molecule has 1 aliphatic heterocycles. The van der Waals surface area contributed by atoms with Crippen molar-refractivity contribution in [2.24, 2.45) is 5.92 Å². The molecule has 0 aromatic heterocycles. The SMILES string of the molecule is C/C=C/c1ccc(/C=C/C2CCC(c3ccc(C4CO4)c(F)c3)CC2)c(F)c1F. The van der Waals surface area contributed by atoms with Crippen LogP contribution in [0.3, 0.4) is 0 Å². The molecule has 152 valence electrons. The van der Waals surface area contributed by atoms with Gasteiger partial charge in [0.1, 0.15) is 11.9 Å². The lowest BCUT2D eigenvalue weighted by Gasteiger charge is -2.27. The molecule has 1 aliphatic carbocycles. The van der Waals surface area contributed by atoms with Crippen molar-refractivity contribution in [2.75, 3.05) is 6.61 Å². The summed E-state index contributed by atoms with van der Waals surface area (Å²) in [5.74, 6) is -1.12. The number of allylic oxidation sites excluding steroid dienone is 2. The summed E-state index contributed by atoms with van der Waals surface area (Å²) in [5, 5.41) is 0. The van der Waals surface area contributed by atoms with Crippen LogP contribution < -0.4 is 0 Å². The molecular formula is C25H25F3O. The Kier molecular flexibility index (Phi) is 5.91. The van der Waals surface area contributed by atoms with Gasteiger partial charge < -0.3 is 4.74 Å². The van der Waals surface area contributed by atoms with E-state index >= 15 is 0 Å². The standard InChI is InChI=1S/C25H25F3O/c1-2-3-18-10-11-19(25(28)24(18)27)9-6-16-4-7-17(8-5-16)20-12-13-21(22(26)14-20)23-15-29-23/h2-3,6,9-14,16-17,23H,4-5,7-8,15H2,1H3/b3-2+,9-6+. The van der Waals surface area contributed by atoms with Gasteiger partial charge in [-0.25, -0.2) is 13.2 Å². The Hall–Kier alpha value is -2.33. The zero-order valence-electron chi connectivity index (χ0n) is 16.5. The highest BCUT2D eigenvalue weighted by atomic mass is 19.2. The molecule has 4 rings (SSSR count). The van der Waals surface area contributed by atoms with Gasteiger partial charge in [-0.05, 0) is 56.1 Å². The average Bonchev–Trinajstić information content (AvgIpc) is 3.56. The highest BCUT2D eigenvalue weighted by molar-refractivity contribution is 5.57. The monoisotopic (exact) mass is 398 g/mol. The number of hydrogen-bond donors (Lipinski definition) is 0. The van der Waals surface area contributed by atoms with Crippen LogP contribution in [0.4, 0.5) is 13.2 Å². The van der Waals surface area contributed by atoms with E-state index < -0.39 is 11.6 Å². The van der Waals surface area contributed by atoms with Crippen LogP contribution in [0, 0.1) is 23.4 Å². The Morgan fingerprint density at radius 2 is 1.55 bits per heavy atom. The predicted octanol–water partition coefficient (Wildman–Crippen LogP) is 7.20. The number of rotatable bonds is 5. The van der Waals surface area contributed by atoms with Crippen molar-refractivity contribution in [1.82, 2.24) is 0 Å². The first-order valence-corrected chi connectivity index (χ1v) is 10.3. The lowest BCUT2D eigenvalue weighted by molar-refractivity contribution is 0.375. The first-order valence-electron chi connectivity index (χ1n) is 10.3.